The Morgan fingerprint density at radius 2 is 1.93 bits per heavy atom. The van der Waals surface area contributed by atoms with Crippen LogP contribution in [0.3, 0.4) is 0 Å². The summed E-state index contributed by atoms with van der Waals surface area (Å²) >= 11 is 0. The van der Waals surface area contributed by atoms with Gasteiger partial charge in [0.15, 0.2) is 0 Å². The molecule has 15 heavy (non-hydrogen) atoms. The summed E-state index contributed by atoms with van der Waals surface area (Å²) < 4.78 is 5.26. The molecule has 0 spiro atoms. The second kappa shape index (κ2) is 3.54. The summed E-state index contributed by atoms with van der Waals surface area (Å²) in [5.74, 6) is -0.207. The molecule has 0 saturated heterocycles. The fourth-order valence-electron chi connectivity index (χ4n) is 1.76. The molecule has 0 radical (unpaired) electrons. The van der Waals surface area contributed by atoms with Crippen molar-refractivity contribution < 1.29 is 9.53 Å². The van der Waals surface area contributed by atoms with Crippen LogP contribution in [0.25, 0.3) is 0 Å². The summed E-state index contributed by atoms with van der Waals surface area (Å²) in [5, 5.41) is 0. The lowest BCUT2D eigenvalue weighted by atomic mass is 10.0. The number of hydrogen-bond donors (Lipinski definition) is 0. The Morgan fingerprint density at radius 3 is 2.53 bits per heavy atom. The first-order valence-corrected chi connectivity index (χ1v) is 5.04. The number of carbonyl (C=O) groups is 1. The van der Waals surface area contributed by atoms with E-state index in [0.717, 1.165) is 11.1 Å². The molecule has 1 atom stereocenters. The monoisotopic (exact) mass is 202 g/mol. The first-order valence-electron chi connectivity index (χ1n) is 5.04. The minimum Gasteiger partial charge on any atom is -0.450 e. The highest BCUT2D eigenvalue weighted by atomic mass is 16.5. The van der Waals surface area contributed by atoms with Crippen LogP contribution >= 0.6 is 0 Å². The van der Waals surface area contributed by atoms with E-state index in [9.17, 15) is 4.79 Å². The Labute approximate surface area is 89.6 Å². The third-order valence-corrected chi connectivity index (χ3v) is 2.70. The molecule has 0 aromatic heterocycles. The van der Waals surface area contributed by atoms with E-state index in [1.807, 2.05) is 19.9 Å². The fraction of sp³-hybridized carbons (Fsp3) is 0.308. The van der Waals surface area contributed by atoms with Crippen LogP contribution in [-0.4, -0.2) is 5.97 Å². The zero-order chi connectivity index (χ0) is 11.0. The second-order valence-corrected chi connectivity index (χ2v) is 4.04. The number of ether oxygens (including phenoxy) is 1. The van der Waals surface area contributed by atoms with E-state index in [-0.39, 0.29) is 12.1 Å². The highest BCUT2D eigenvalue weighted by Crippen LogP contribution is 2.30. The lowest BCUT2D eigenvalue weighted by Crippen LogP contribution is -2.03. The van der Waals surface area contributed by atoms with Gasteiger partial charge >= 0.3 is 5.97 Å². The molecule has 2 nitrogen and oxygen atoms in total. The Bertz CT molecular complexity index is 444. The van der Waals surface area contributed by atoms with Crippen LogP contribution in [-0.2, 0) is 9.53 Å². The molecule has 0 fully saturated rings. The molecule has 1 unspecified atom stereocenters. The van der Waals surface area contributed by atoms with E-state index in [2.05, 4.69) is 18.2 Å². The number of cyclic esters (lactones) is 1. The topological polar surface area (TPSA) is 26.3 Å². The smallest absolute Gasteiger partial charge is 0.334 e. The van der Waals surface area contributed by atoms with E-state index in [4.69, 9.17) is 4.74 Å². The van der Waals surface area contributed by atoms with Crippen LogP contribution in [0.2, 0.25) is 0 Å². The van der Waals surface area contributed by atoms with Crippen molar-refractivity contribution in [1.82, 2.24) is 0 Å². The first-order chi connectivity index (χ1) is 7.08. The lowest BCUT2D eigenvalue weighted by molar-refractivity contribution is -0.139. The largest absolute Gasteiger partial charge is 0.450 e. The highest BCUT2D eigenvalue weighted by Gasteiger charge is 2.24. The quantitative estimate of drug-likeness (QED) is 0.654. The van der Waals surface area contributed by atoms with Crippen LogP contribution in [0.4, 0.5) is 0 Å². The van der Waals surface area contributed by atoms with Crippen molar-refractivity contribution in [3.8, 4) is 0 Å². The molecular formula is C13H14O2. The molecular weight excluding hydrogens is 188 g/mol. The van der Waals surface area contributed by atoms with Crippen LogP contribution < -0.4 is 0 Å². The Kier molecular flexibility index (Phi) is 2.35. The number of aryl methyl sites for hydroxylation is 2. The van der Waals surface area contributed by atoms with Crippen molar-refractivity contribution in [1.29, 1.82) is 0 Å². The van der Waals surface area contributed by atoms with E-state index in [1.54, 1.807) is 6.92 Å². The summed E-state index contributed by atoms with van der Waals surface area (Å²) in [6.45, 7) is 5.86. The average Bonchev–Trinajstić information content (AvgIpc) is 2.51. The van der Waals surface area contributed by atoms with E-state index in [0.29, 0.717) is 5.57 Å². The molecule has 0 saturated carbocycles. The van der Waals surface area contributed by atoms with Crippen molar-refractivity contribution >= 4 is 5.97 Å². The van der Waals surface area contributed by atoms with Crippen molar-refractivity contribution in [3.05, 3.63) is 46.5 Å². The van der Waals surface area contributed by atoms with Gasteiger partial charge in [0.05, 0.1) is 0 Å². The molecule has 0 bridgehead atoms. The Balaban J connectivity index is 2.39. The van der Waals surface area contributed by atoms with Crippen molar-refractivity contribution in [3.63, 3.8) is 0 Å². The van der Waals surface area contributed by atoms with Gasteiger partial charge in [0.1, 0.15) is 6.10 Å². The summed E-state index contributed by atoms with van der Waals surface area (Å²) in [6, 6.07) is 6.19. The van der Waals surface area contributed by atoms with Gasteiger partial charge < -0.3 is 4.74 Å². The molecule has 1 aliphatic heterocycles. The first kappa shape index (κ1) is 9.97. The summed E-state index contributed by atoms with van der Waals surface area (Å²) in [5.41, 5.74) is 4.12. The minimum absolute atomic E-state index is 0.197. The summed E-state index contributed by atoms with van der Waals surface area (Å²) in [4.78, 5) is 11.3. The number of carbonyl (C=O) groups excluding carboxylic acids is 1. The molecule has 0 aliphatic carbocycles. The zero-order valence-corrected chi connectivity index (χ0v) is 9.20. The van der Waals surface area contributed by atoms with Gasteiger partial charge in [-0.05, 0) is 38.0 Å². The molecule has 0 N–H and O–H groups in total. The van der Waals surface area contributed by atoms with Crippen molar-refractivity contribution in [2.75, 3.05) is 0 Å². The molecule has 1 aromatic carbocycles. The van der Waals surface area contributed by atoms with Gasteiger partial charge in [0, 0.05) is 5.57 Å². The van der Waals surface area contributed by atoms with E-state index < -0.39 is 0 Å². The number of rotatable bonds is 1. The van der Waals surface area contributed by atoms with Crippen LogP contribution in [0.15, 0.2) is 29.8 Å². The summed E-state index contributed by atoms with van der Waals surface area (Å²) in [6.07, 6.45) is 1.68. The molecule has 0 amide bonds. The zero-order valence-electron chi connectivity index (χ0n) is 9.20. The highest BCUT2D eigenvalue weighted by molar-refractivity contribution is 5.90. The van der Waals surface area contributed by atoms with Crippen LogP contribution in [0.1, 0.15) is 29.7 Å². The summed E-state index contributed by atoms with van der Waals surface area (Å²) in [7, 11) is 0. The maximum Gasteiger partial charge on any atom is 0.334 e. The predicted octanol–water partition coefficient (Wildman–Crippen LogP) is 2.85. The SMILES string of the molecule is CC1=CC(c2cc(C)ccc2C)OC1=O. The van der Waals surface area contributed by atoms with Gasteiger partial charge in [-0.1, -0.05) is 23.8 Å². The van der Waals surface area contributed by atoms with Gasteiger partial charge in [-0.25, -0.2) is 4.79 Å². The molecule has 2 heteroatoms. The number of hydrogen-bond acceptors (Lipinski definition) is 2. The number of benzene rings is 1. The van der Waals surface area contributed by atoms with Crippen molar-refractivity contribution in [2.45, 2.75) is 26.9 Å². The lowest BCUT2D eigenvalue weighted by Gasteiger charge is -2.12. The van der Waals surface area contributed by atoms with Gasteiger partial charge in [0.25, 0.3) is 0 Å². The fourth-order valence-corrected chi connectivity index (χ4v) is 1.76. The van der Waals surface area contributed by atoms with E-state index in [1.165, 1.54) is 5.56 Å². The average molecular weight is 202 g/mol. The van der Waals surface area contributed by atoms with Gasteiger partial charge in [-0.3, -0.25) is 0 Å². The van der Waals surface area contributed by atoms with Crippen LogP contribution in [0, 0.1) is 13.8 Å². The van der Waals surface area contributed by atoms with Gasteiger partial charge in [-0.15, -0.1) is 0 Å². The third kappa shape index (κ3) is 1.80. The third-order valence-electron chi connectivity index (χ3n) is 2.70. The standard InChI is InChI=1S/C13H14O2/c1-8-4-5-9(2)11(6-8)12-7-10(3)13(14)15-12/h4-7,12H,1-3H3. The Morgan fingerprint density at radius 1 is 1.20 bits per heavy atom. The maximum atomic E-state index is 11.3. The maximum absolute atomic E-state index is 11.3. The number of esters is 1. The molecule has 2 rings (SSSR count). The van der Waals surface area contributed by atoms with Gasteiger partial charge in [0.2, 0.25) is 0 Å². The predicted molar refractivity (Wildman–Crippen MR) is 58.5 cm³/mol. The Hall–Kier alpha value is -1.57. The second-order valence-electron chi connectivity index (χ2n) is 4.04. The van der Waals surface area contributed by atoms with Crippen molar-refractivity contribution in [2.24, 2.45) is 0 Å². The normalized spacial score (nSPS) is 20.1. The molecule has 78 valence electrons. The van der Waals surface area contributed by atoms with Gasteiger partial charge in [-0.2, -0.15) is 0 Å². The molecule has 1 aromatic rings. The van der Waals surface area contributed by atoms with Crippen LogP contribution in [0.5, 0.6) is 0 Å². The molecule has 1 aliphatic rings. The molecule has 1 heterocycles. The van der Waals surface area contributed by atoms with E-state index >= 15 is 0 Å². The minimum atomic E-state index is -0.207.